The maximum Gasteiger partial charge on any atom is 0.258 e. The SMILES string of the molecule is CC1(C)CCC1.COC1=CCC(C)C=C1.COc1ccnc(COc2nc(-c3cn(C)cn3)cnc2N)c1. The quantitative estimate of drug-likeness (QED) is 0.437. The van der Waals surface area contributed by atoms with E-state index < -0.39 is 0 Å². The molecule has 5 rings (SSSR count). The zero-order chi connectivity index (χ0) is 27.5. The molecule has 1 atom stereocenters. The van der Waals surface area contributed by atoms with E-state index in [0.717, 1.165) is 17.6 Å². The topological polar surface area (TPSA) is 110 Å². The molecule has 0 saturated heterocycles. The Balaban J connectivity index is 0.000000216. The standard InChI is InChI=1S/C15H16N6O2.C8H12O.C6H12/c1-21-7-13(19-9-21)12-6-18-14(16)15(20-12)23-8-10-5-11(22-2)3-4-17-10;1-7-3-5-8(9-2)6-4-7;1-6(2)4-3-5-6/h3-7,9H,8H2,1-2H3,(H2,16,18);3,5-7H,4H2,1-2H3;3-5H2,1-2H3. The van der Waals surface area contributed by atoms with Gasteiger partial charge in [-0.2, -0.15) is 0 Å². The van der Waals surface area contributed by atoms with Gasteiger partial charge in [-0.25, -0.2) is 15.0 Å². The molecule has 9 heteroatoms. The highest BCUT2D eigenvalue weighted by molar-refractivity contribution is 5.55. The van der Waals surface area contributed by atoms with Crippen LogP contribution in [0.25, 0.3) is 11.4 Å². The van der Waals surface area contributed by atoms with Crippen LogP contribution in [0.5, 0.6) is 11.6 Å². The highest BCUT2D eigenvalue weighted by Gasteiger charge is 2.25. The summed E-state index contributed by atoms with van der Waals surface area (Å²) in [4.78, 5) is 16.9. The van der Waals surface area contributed by atoms with Crippen molar-refractivity contribution in [1.82, 2.24) is 24.5 Å². The van der Waals surface area contributed by atoms with Crippen molar-refractivity contribution in [3.63, 3.8) is 0 Å². The third-order valence-electron chi connectivity index (χ3n) is 6.34. The Hall–Kier alpha value is -3.88. The van der Waals surface area contributed by atoms with E-state index in [2.05, 4.69) is 52.9 Å². The van der Waals surface area contributed by atoms with Crippen molar-refractivity contribution >= 4 is 5.82 Å². The number of hydrogen-bond donors (Lipinski definition) is 1. The van der Waals surface area contributed by atoms with Gasteiger partial charge in [0.05, 0.1) is 32.4 Å². The van der Waals surface area contributed by atoms with Crippen LogP contribution >= 0.6 is 0 Å². The maximum absolute atomic E-state index is 5.82. The van der Waals surface area contributed by atoms with Gasteiger partial charge in [0.2, 0.25) is 0 Å². The fourth-order valence-corrected chi connectivity index (χ4v) is 3.70. The minimum absolute atomic E-state index is 0.210. The van der Waals surface area contributed by atoms with Crippen molar-refractivity contribution < 1.29 is 14.2 Å². The van der Waals surface area contributed by atoms with Crippen LogP contribution in [0.1, 0.15) is 52.1 Å². The summed E-state index contributed by atoms with van der Waals surface area (Å²) in [6.45, 7) is 7.06. The van der Waals surface area contributed by atoms with Gasteiger partial charge in [0.1, 0.15) is 29.5 Å². The highest BCUT2D eigenvalue weighted by atomic mass is 16.5. The molecule has 0 aromatic carbocycles. The molecule has 1 unspecified atom stereocenters. The Morgan fingerprint density at radius 1 is 1.11 bits per heavy atom. The monoisotopic (exact) mass is 520 g/mol. The first-order valence-electron chi connectivity index (χ1n) is 12.8. The number of imidazole rings is 1. The minimum atomic E-state index is 0.210. The van der Waals surface area contributed by atoms with E-state index >= 15 is 0 Å². The molecule has 204 valence electrons. The minimum Gasteiger partial charge on any atom is -0.497 e. The van der Waals surface area contributed by atoms with Gasteiger partial charge in [-0.3, -0.25) is 4.98 Å². The van der Waals surface area contributed by atoms with E-state index in [0.29, 0.717) is 28.7 Å². The normalized spacial score (nSPS) is 17.0. The van der Waals surface area contributed by atoms with E-state index in [4.69, 9.17) is 19.9 Å². The van der Waals surface area contributed by atoms with Gasteiger partial charge < -0.3 is 24.5 Å². The number of nitrogen functional groups attached to an aromatic ring is 1. The fraction of sp³-hybridized carbons (Fsp3) is 0.448. The van der Waals surface area contributed by atoms with Crippen molar-refractivity contribution in [2.24, 2.45) is 18.4 Å². The maximum atomic E-state index is 5.82. The third-order valence-corrected chi connectivity index (χ3v) is 6.34. The second-order valence-corrected chi connectivity index (χ2v) is 10.2. The van der Waals surface area contributed by atoms with Crippen LogP contribution in [-0.2, 0) is 18.4 Å². The van der Waals surface area contributed by atoms with E-state index in [1.807, 2.05) is 23.9 Å². The summed E-state index contributed by atoms with van der Waals surface area (Å²) >= 11 is 0. The smallest absolute Gasteiger partial charge is 0.258 e. The lowest BCUT2D eigenvalue weighted by molar-refractivity contribution is 0.190. The van der Waals surface area contributed by atoms with Crippen molar-refractivity contribution in [3.05, 3.63) is 66.7 Å². The molecule has 3 heterocycles. The average molecular weight is 521 g/mol. The van der Waals surface area contributed by atoms with E-state index in [9.17, 15) is 0 Å². The number of rotatable bonds is 6. The Morgan fingerprint density at radius 3 is 2.42 bits per heavy atom. The van der Waals surface area contributed by atoms with Crippen LogP contribution in [0, 0.1) is 11.3 Å². The molecule has 9 nitrogen and oxygen atoms in total. The molecule has 0 amide bonds. The lowest BCUT2D eigenvalue weighted by atomic mass is 9.72. The van der Waals surface area contributed by atoms with E-state index in [-0.39, 0.29) is 18.3 Å². The summed E-state index contributed by atoms with van der Waals surface area (Å²) in [6.07, 6.45) is 18.5. The van der Waals surface area contributed by atoms with Crippen molar-refractivity contribution in [1.29, 1.82) is 0 Å². The lowest BCUT2D eigenvalue weighted by Crippen LogP contribution is -2.20. The molecule has 2 N–H and O–H groups in total. The van der Waals surface area contributed by atoms with Crippen LogP contribution in [0.3, 0.4) is 0 Å². The number of ether oxygens (including phenoxy) is 3. The molecule has 3 aromatic heterocycles. The van der Waals surface area contributed by atoms with Crippen LogP contribution < -0.4 is 15.2 Å². The zero-order valence-electron chi connectivity index (χ0n) is 23.3. The molecule has 3 aromatic rings. The lowest BCUT2D eigenvalue weighted by Gasteiger charge is -2.33. The van der Waals surface area contributed by atoms with Crippen LogP contribution in [0.4, 0.5) is 5.82 Å². The summed E-state index contributed by atoms with van der Waals surface area (Å²) in [5.41, 5.74) is 8.54. The van der Waals surface area contributed by atoms with Gasteiger partial charge in [-0.05, 0) is 48.8 Å². The summed E-state index contributed by atoms with van der Waals surface area (Å²) < 4.78 is 17.6. The van der Waals surface area contributed by atoms with Crippen LogP contribution in [-0.4, -0.2) is 38.7 Å². The molecule has 0 aliphatic heterocycles. The zero-order valence-corrected chi connectivity index (χ0v) is 23.3. The second-order valence-electron chi connectivity index (χ2n) is 10.2. The predicted molar refractivity (Wildman–Crippen MR) is 149 cm³/mol. The number of nitrogens with two attached hydrogens (primary N) is 1. The molecule has 0 radical (unpaired) electrons. The van der Waals surface area contributed by atoms with Gasteiger partial charge in [-0.15, -0.1) is 0 Å². The number of allylic oxidation sites excluding steroid dienone is 3. The van der Waals surface area contributed by atoms with Crippen molar-refractivity contribution in [3.8, 4) is 23.0 Å². The number of nitrogens with zero attached hydrogens (tertiary/aromatic N) is 5. The van der Waals surface area contributed by atoms with Gasteiger partial charge in [-0.1, -0.05) is 33.3 Å². The van der Waals surface area contributed by atoms with Crippen LogP contribution in [0.2, 0.25) is 0 Å². The van der Waals surface area contributed by atoms with E-state index in [1.54, 1.807) is 45.1 Å². The van der Waals surface area contributed by atoms with Gasteiger partial charge in [0.15, 0.2) is 5.82 Å². The van der Waals surface area contributed by atoms with Crippen molar-refractivity contribution in [2.75, 3.05) is 20.0 Å². The fourth-order valence-electron chi connectivity index (χ4n) is 3.70. The van der Waals surface area contributed by atoms with Gasteiger partial charge >= 0.3 is 0 Å². The number of hydrogen-bond acceptors (Lipinski definition) is 8. The second kappa shape index (κ2) is 13.6. The average Bonchev–Trinajstić information content (AvgIpc) is 3.35. The number of methoxy groups -OCH3 is 2. The summed E-state index contributed by atoms with van der Waals surface area (Å²) in [6, 6.07) is 3.55. The first-order valence-corrected chi connectivity index (χ1v) is 12.8. The van der Waals surface area contributed by atoms with E-state index in [1.165, 1.54) is 19.3 Å². The number of pyridine rings is 1. The molecule has 2 aliphatic rings. The molecular formula is C29H40N6O3. The summed E-state index contributed by atoms with van der Waals surface area (Å²) in [7, 11) is 5.18. The molecule has 38 heavy (non-hydrogen) atoms. The highest BCUT2D eigenvalue weighted by Crippen LogP contribution is 2.38. The van der Waals surface area contributed by atoms with Crippen molar-refractivity contribution in [2.45, 2.75) is 53.1 Å². The van der Waals surface area contributed by atoms with Crippen LogP contribution in [0.15, 0.2) is 61.0 Å². The predicted octanol–water partition coefficient (Wildman–Crippen LogP) is 5.75. The number of aromatic nitrogens is 5. The van der Waals surface area contributed by atoms with Gasteiger partial charge in [0, 0.05) is 25.5 Å². The Labute approximate surface area is 225 Å². The number of aryl methyl sites for hydroxylation is 1. The number of anilines is 1. The first-order chi connectivity index (χ1) is 18.2. The molecule has 1 fully saturated rings. The summed E-state index contributed by atoms with van der Waals surface area (Å²) in [5.74, 6) is 2.85. The van der Waals surface area contributed by atoms with Gasteiger partial charge in [0.25, 0.3) is 5.88 Å². The molecular weight excluding hydrogens is 480 g/mol. The first kappa shape index (κ1) is 28.7. The Bertz CT molecular complexity index is 1230. The third kappa shape index (κ3) is 8.90. The molecule has 0 bridgehead atoms. The summed E-state index contributed by atoms with van der Waals surface area (Å²) in [5, 5.41) is 0. The Morgan fingerprint density at radius 2 is 1.87 bits per heavy atom. The largest absolute Gasteiger partial charge is 0.497 e. The molecule has 0 spiro atoms. The molecule has 2 aliphatic carbocycles. The molecule has 1 saturated carbocycles. The Kier molecular flexibility index (Phi) is 10.3.